The number of esters is 1. The van der Waals surface area contributed by atoms with Crippen LogP contribution >= 0.6 is 0 Å². The van der Waals surface area contributed by atoms with Gasteiger partial charge >= 0.3 is 5.97 Å². The van der Waals surface area contributed by atoms with Crippen LogP contribution in [0.15, 0.2) is 22.8 Å². The van der Waals surface area contributed by atoms with Crippen molar-refractivity contribution in [3.8, 4) is 0 Å². The molecule has 104 valence electrons. The Bertz CT molecular complexity index is 499. The quantitative estimate of drug-likeness (QED) is 0.701. The molecule has 0 saturated heterocycles. The van der Waals surface area contributed by atoms with Crippen LogP contribution in [0.4, 0.5) is 0 Å². The Kier molecular flexibility index (Phi) is 2.71. The van der Waals surface area contributed by atoms with Crippen molar-refractivity contribution in [2.45, 2.75) is 53.4 Å². The molecular weight excluding hydrogens is 236 g/mol. The monoisotopic (exact) mass is 260 g/mol. The van der Waals surface area contributed by atoms with Gasteiger partial charge in [0, 0.05) is 0 Å². The van der Waals surface area contributed by atoms with Crippen molar-refractivity contribution in [2.24, 2.45) is 16.7 Å². The van der Waals surface area contributed by atoms with Gasteiger partial charge in [0.1, 0.15) is 0 Å². The Hall–Kier alpha value is -1.05. The van der Waals surface area contributed by atoms with Crippen molar-refractivity contribution in [3.63, 3.8) is 0 Å². The molecule has 0 heterocycles. The Morgan fingerprint density at radius 3 is 2.74 bits per heavy atom. The van der Waals surface area contributed by atoms with Gasteiger partial charge in [-0.25, -0.2) is 0 Å². The van der Waals surface area contributed by atoms with Crippen molar-refractivity contribution in [1.82, 2.24) is 0 Å². The van der Waals surface area contributed by atoms with Gasteiger partial charge in [0.2, 0.25) is 0 Å². The Morgan fingerprint density at radius 2 is 2.16 bits per heavy atom. The minimum absolute atomic E-state index is 0.0489. The zero-order valence-electron chi connectivity index (χ0n) is 12.5. The summed E-state index contributed by atoms with van der Waals surface area (Å²) < 4.78 is 5.26. The third kappa shape index (κ3) is 1.72. The summed E-state index contributed by atoms with van der Waals surface area (Å²) in [7, 11) is 0. The van der Waals surface area contributed by atoms with Gasteiger partial charge in [0.25, 0.3) is 0 Å². The van der Waals surface area contributed by atoms with Crippen molar-refractivity contribution in [1.29, 1.82) is 0 Å². The highest BCUT2D eigenvalue weighted by Crippen LogP contribution is 2.61. The molecule has 3 aliphatic rings. The summed E-state index contributed by atoms with van der Waals surface area (Å²) in [6.07, 6.45) is 6.93. The van der Waals surface area contributed by atoms with E-state index in [2.05, 4.69) is 19.9 Å². The van der Waals surface area contributed by atoms with Gasteiger partial charge in [-0.2, -0.15) is 0 Å². The van der Waals surface area contributed by atoms with Gasteiger partial charge in [-0.1, -0.05) is 18.6 Å². The summed E-state index contributed by atoms with van der Waals surface area (Å²) in [6.45, 7) is 9.04. The average molecular weight is 260 g/mol. The molecular formula is C17H24O2. The fourth-order valence-corrected chi connectivity index (χ4v) is 4.44. The van der Waals surface area contributed by atoms with Crippen LogP contribution in [0.1, 0.15) is 53.4 Å². The first-order valence-corrected chi connectivity index (χ1v) is 7.50. The zero-order valence-corrected chi connectivity index (χ0v) is 12.5. The molecule has 19 heavy (non-hydrogen) atoms. The van der Waals surface area contributed by atoms with E-state index in [4.69, 9.17) is 4.74 Å². The summed E-state index contributed by atoms with van der Waals surface area (Å²) in [6, 6.07) is 0. The van der Waals surface area contributed by atoms with Crippen LogP contribution in [0, 0.1) is 16.7 Å². The summed E-state index contributed by atoms with van der Waals surface area (Å²) in [5.41, 5.74) is 4.56. The Balaban J connectivity index is 1.93. The van der Waals surface area contributed by atoms with Crippen LogP contribution in [0.2, 0.25) is 0 Å². The first kappa shape index (κ1) is 13.0. The fourth-order valence-electron chi connectivity index (χ4n) is 4.44. The van der Waals surface area contributed by atoms with Crippen LogP contribution < -0.4 is 0 Å². The minimum atomic E-state index is -0.405. The van der Waals surface area contributed by atoms with E-state index in [1.54, 1.807) is 5.57 Å². The van der Waals surface area contributed by atoms with E-state index in [1.807, 2.05) is 13.8 Å². The van der Waals surface area contributed by atoms with E-state index >= 15 is 0 Å². The summed E-state index contributed by atoms with van der Waals surface area (Å²) in [5.74, 6) is 0.510. The molecule has 0 aromatic heterocycles. The smallest absolute Gasteiger partial charge is 0.315 e. The van der Waals surface area contributed by atoms with Gasteiger partial charge in [-0.05, 0) is 68.9 Å². The summed E-state index contributed by atoms with van der Waals surface area (Å²) in [4.78, 5) is 12.2. The second-order valence-corrected chi connectivity index (χ2v) is 7.01. The standard InChI is InChI=1S/C17H24O2/c1-5-19-15(18)17(4)9-12-8-16(3)7-6-14(16)11(2)13(12)10-17/h10,12H,5-9H2,1-4H3/t12-,16+,17-/m1/s1. The van der Waals surface area contributed by atoms with Crippen LogP contribution in [-0.4, -0.2) is 12.6 Å². The van der Waals surface area contributed by atoms with Gasteiger partial charge in [-0.3, -0.25) is 4.79 Å². The molecule has 0 aromatic carbocycles. The average Bonchev–Trinajstić information content (AvgIpc) is 2.66. The predicted octanol–water partition coefficient (Wildman–Crippen LogP) is 4.02. The van der Waals surface area contributed by atoms with E-state index < -0.39 is 5.41 Å². The minimum Gasteiger partial charge on any atom is -0.465 e. The third-order valence-corrected chi connectivity index (χ3v) is 5.56. The van der Waals surface area contributed by atoms with Crippen molar-refractivity contribution in [2.75, 3.05) is 6.61 Å². The van der Waals surface area contributed by atoms with Gasteiger partial charge in [0.05, 0.1) is 12.0 Å². The van der Waals surface area contributed by atoms with Crippen molar-refractivity contribution < 1.29 is 9.53 Å². The molecule has 0 unspecified atom stereocenters. The van der Waals surface area contributed by atoms with Crippen LogP contribution in [0.3, 0.4) is 0 Å². The lowest BCUT2D eigenvalue weighted by Gasteiger charge is -2.49. The maximum Gasteiger partial charge on any atom is 0.315 e. The summed E-state index contributed by atoms with van der Waals surface area (Å²) in [5, 5.41) is 0. The lowest BCUT2D eigenvalue weighted by molar-refractivity contribution is -0.151. The van der Waals surface area contributed by atoms with Gasteiger partial charge in [0.15, 0.2) is 0 Å². The van der Waals surface area contributed by atoms with Crippen molar-refractivity contribution in [3.05, 3.63) is 22.8 Å². The highest BCUT2D eigenvalue weighted by molar-refractivity contribution is 5.80. The van der Waals surface area contributed by atoms with Crippen LogP contribution in [0.5, 0.6) is 0 Å². The first-order chi connectivity index (χ1) is 8.89. The Morgan fingerprint density at radius 1 is 1.42 bits per heavy atom. The van der Waals surface area contributed by atoms with Crippen LogP contribution in [0.25, 0.3) is 0 Å². The SMILES string of the molecule is CCOC(=O)[C@@]1(C)C=C2C(C)=C3CC[C@@]3(C)C[C@@H]2C1. The van der Waals surface area contributed by atoms with Gasteiger partial charge in [-0.15, -0.1) is 0 Å². The summed E-state index contributed by atoms with van der Waals surface area (Å²) >= 11 is 0. The van der Waals surface area contributed by atoms with Crippen LogP contribution in [-0.2, 0) is 9.53 Å². The maximum absolute atomic E-state index is 12.2. The van der Waals surface area contributed by atoms with E-state index in [9.17, 15) is 4.79 Å². The molecule has 3 aliphatic carbocycles. The number of ether oxygens (including phenoxy) is 1. The zero-order chi connectivity index (χ0) is 13.8. The first-order valence-electron chi connectivity index (χ1n) is 7.50. The van der Waals surface area contributed by atoms with E-state index in [-0.39, 0.29) is 5.97 Å². The van der Waals surface area contributed by atoms with E-state index in [0.29, 0.717) is 17.9 Å². The van der Waals surface area contributed by atoms with E-state index in [1.165, 1.54) is 30.4 Å². The number of hydrogen-bond donors (Lipinski definition) is 0. The number of fused-ring (bicyclic) bond motifs is 2. The molecule has 1 saturated carbocycles. The fraction of sp³-hybridized carbons (Fsp3) is 0.706. The molecule has 3 rings (SSSR count). The number of carbonyl (C=O) groups is 1. The van der Waals surface area contributed by atoms with Crippen molar-refractivity contribution >= 4 is 5.97 Å². The number of hydrogen-bond acceptors (Lipinski definition) is 2. The van der Waals surface area contributed by atoms with E-state index in [0.717, 1.165) is 6.42 Å². The second-order valence-electron chi connectivity index (χ2n) is 7.01. The topological polar surface area (TPSA) is 26.3 Å². The molecule has 0 spiro atoms. The molecule has 2 heteroatoms. The predicted molar refractivity (Wildman–Crippen MR) is 75.6 cm³/mol. The lowest BCUT2D eigenvalue weighted by Crippen LogP contribution is -2.37. The number of carbonyl (C=O) groups excluding carboxylic acids is 1. The number of allylic oxidation sites excluding steroid dienone is 3. The lowest BCUT2D eigenvalue weighted by atomic mass is 9.55. The molecule has 0 N–H and O–H groups in total. The molecule has 0 radical (unpaired) electrons. The highest BCUT2D eigenvalue weighted by Gasteiger charge is 2.51. The Labute approximate surface area is 115 Å². The molecule has 0 amide bonds. The largest absolute Gasteiger partial charge is 0.465 e. The third-order valence-electron chi connectivity index (χ3n) is 5.56. The normalized spacial score (nSPS) is 40.2. The molecule has 2 nitrogen and oxygen atoms in total. The van der Waals surface area contributed by atoms with Gasteiger partial charge < -0.3 is 4.74 Å². The number of rotatable bonds is 2. The molecule has 0 aliphatic heterocycles. The molecule has 1 fully saturated rings. The molecule has 3 atom stereocenters. The molecule has 0 bridgehead atoms. The highest BCUT2D eigenvalue weighted by atomic mass is 16.5. The maximum atomic E-state index is 12.2. The molecule has 0 aromatic rings. The second kappa shape index (κ2) is 3.97.